The van der Waals surface area contributed by atoms with Crippen LogP contribution in [0.5, 0.6) is 5.75 Å². The normalized spacial score (nSPS) is 15.2. The van der Waals surface area contributed by atoms with E-state index in [4.69, 9.17) is 4.74 Å². The van der Waals surface area contributed by atoms with Crippen molar-refractivity contribution < 1.29 is 4.74 Å². The molecule has 0 radical (unpaired) electrons. The Morgan fingerprint density at radius 3 is 2.56 bits per heavy atom. The van der Waals surface area contributed by atoms with E-state index in [1.54, 1.807) is 7.11 Å². The van der Waals surface area contributed by atoms with Crippen molar-refractivity contribution in [3.8, 4) is 5.75 Å². The smallest absolute Gasteiger partial charge is 0.194 e. The van der Waals surface area contributed by atoms with Crippen molar-refractivity contribution >= 4 is 11.6 Å². The van der Waals surface area contributed by atoms with Gasteiger partial charge in [-0.3, -0.25) is 9.98 Å². The van der Waals surface area contributed by atoms with Gasteiger partial charge >= 0.3 is 0 Å². The SMILES string of the molecule is CN=C(NCc1ccccn1)N1CCN(c2ccccc2OC)CC1. The molecule has 1 aliphatic rings. The standard InChI is InChI=1S/C19H25N5O/c1-20-19(22-15-16-7-5-6-10-21-16)24-13-11-23(12-14-24)17-8-3-4-9-18(17)25-2/h3-10H,11-15H2,1-2H3,(H,20,22). The molecule has 1 saturated heterocycles. The van der Waals surface area contributed by atoms with E-state index in [9.17, 15) is 0 Å². The van der Waals surface area contributed by atoms with Crippen LogP contribution in [0.15, 0.2) is 53.7 Å². The first-order chi connectivity index (χ1) is 12.3. The molecular formula is C19H25N5O. The van der Waals surface area contributed by atoms with Crippen molar-refractivity contribution in [2.75, 3.05) is 45.2 Å². The summed E-state index contributed by atoms with van der Waals surface area (Å²) < 4.78 is 5.48. The van der Waals surface area contributed by atoms with Crippen LogP contribution < -0.4 is 15.0 Å². The fourth-order valence-electron chi connectivity index (χ4n) is 3.05. The highest BCUT2D eigenvalue weighted by molar-refractivity contribution is 5.80. The molecule has 6 nitrogen and oxygen atoms in total. The van der Waals surface area contributed by atoms with Crippen LogP contribution in [-0.4, -0.2) is 56.2 Å². The molecule has 1 aliphatic heterocycles. The minimum Gasteiger partial charge on any atom is -0.495 e. The number of nitrogens with one attached hydrogen (secondary N) is 1. The number of nitrogens with zero attached hydrogens (tertiary/aromatic N) is 4. The molecule has 1 fully saturated rings. The third-order valence-electron chi connectivity index (χ3n) is 4.37. The summed E-state index contributed by atoms with van der Waals surface area (Å²) in [6, 6.07) is 14.1. The van der Waals surface area contributed by atoms with E-state index in [-0.39, 0.29) is 0 Å². The fraction of sp³-hybridized carbons (Fsp3) is 0.368. The van der Waals surface area contributed by atoms with E-state index in [0.717, 1.165) is 49.3 Å². The number of para-hydroxylation sites is 2. The Hall–Kier alpha value is -2.76. The number of ether oxygens (including phenoxy) is 1. The molecule has 25 heavy (non-hydrogen) atoms. The molecule has 132 valence electrons. The van der Waals surface area contributed by atoms with Gasteiger partial charge < -0.3 is 19.9 Å². The molecule has 2 heterocycles. The minimum atomic E-state index is 0.681. The van der Waals surface area contributed by atoms with Gasteiger partial charge in [0.05, 0.1) is 25.0 Å². The van der Waals surface area contributed by atoms with Crippen LogP contribution in [0, 0.1) is 0 Å². The van der Waals surface area contributed by atoms with Gasteiger partial charge in [-0.2, -0.15) is 0 Å². The second-order valence-electron chi connectivity index (χ2n) is 5.87. The second-order valence-corrected chi connectivity index (χ2v) is 5.87. The van der Waals surface area contributed by atoms with Crippen molar-refractivity contribution in [1.29, 1.82) is 0 Å². The van der Waals surface area contributed by atoms with Gasteiger partial charge in [0.25, 0.3) is 0 Å². The second kappa shape index (κ2) is 8.37. The average molecular weight is 339 g/mol. The summed E-state index contributed by atoms with van der Waals surface area (Å²) in [6.07, 6.45) is 1.81. The highest BCUT2D eigenvalue weighted by atomic mass is 16.5. The number of benzene rings is 1. The van der Waals surface area contributed by atoms with Gasteiger partial charge in [0.15, 0.2) is 5.96 Å². The van der Waals surface area contributed by atoms with Gasteiger partial charge in [0.1, 0.15) is 5.75 Å². The number of methoxy groups -OCH3 is 1. The van der Waals surface area contributed by atoms with Crippen LogP contribution >= 0.6 is 0 Å². The number of anilines is 1. The number of pyridine rings is 1. The lowest BCUT2D eigenvalue weighted by Crippen LogP contribution is -2.52. The Morgan fingerprint density at radius 1 is 1.12 bits per heavy atom. The Kier molecular flexibility index (Phi) is 5.72. The Balaban J connectivity index is 1.57. The quantitative estimate of drug-likeness (QED) is 0.682. The number of guanidine groups is 1. The molecule has 1 N–H and O–H groups in total. The van der Waals surface area contributed by atoms with Crippen LogP contribution in [0.4, 0.5) is 5.69 Å². The van der Waals surface area contributed by atoms with Crippen LogP contribution in [-0.2, 0) is 6.54 Å². The third kappa shape index (κ3) is 4.21. The molecule has 6 heteroatoms. The van der Waals surface area contributed by atoms with E-state index in [2.05, 4.69) is 37.2 Å². The highest BCUT2D eigenvalue weighted by Gasteiger charge is 2.21. The molecule has 2 aromatic rings. The zero-order valence-electron chi connectivity index (χ0n) is 14.9. The van der Waals surface area contributed by atoms with E-state index in [1.807, 2.05) is 43.6 Å². The maximum absolute atomic E-state index is 5.48. The van der Waals surface area contributed by atoms with Gasteiger partial charge in [-0.1, -0.05) is 18.2 Å². The number of hydrogen-bond acceptors (Lipinski definition) is 4. The molecule has 0 unspecified atom stereocenters. The molecule has 0 saturated carbocycles. The summed E-state index contributed by atoms with van der Waals surface area (Å²) in [5.74, 6) is 1.85. The number of aliphatic imine (C=N–C) groups is 1. The lowest BCUT2D eigenvalue weighted by molar-refractivity contribution is 0.367. The maximum atomic E-state index is 5.48. The topological polar surface area (TPSA) is 53.0 Å². The fourth-order valence-corrected chi connectivity index (χ4v) is 3.05. The molecule has 0 atom stereocenters. The largest absolute Gasteiger partial charge is 0.495 e. The van der Waals surface area contributed by atoms with Crippen molar-refractivity contribution in [2.45, 2.75) is 6.54 Å². The highest BCUT2D eigenvalue weighted by Crippen LogP contribution is 2.28. The summed E-state index contributed by atoms with van der Waals surface area (Å²) in [5.41, 5.74) is 2.16. The predicted octanol–water partition coefficient (Wildman–Crippen LogP) is 1.99. The number of rotatable bonds is 4. The molecular weight excluding hydrogens is 314 g/mol. The summed E-state index contributed by atoms with van der Waals surface area (Å²) in [7, 11) is 3.55. The first-order valence-corrected chi connectivity index (χ1v) is 8.55. The molecule has 0 bridgehead atoms. The van der Waals surface area contributed by atoms with Gasteiger partial charge in [-0.05, 0) is 24.3 Å². The molecule has 1 aromatic carbocycles. The minimum absolute atomic E-state index is 0.681. The zero-order chi connectivity index (χ0) is 17.5. The van der Waals surface area contributed by atoms with Crippen LogP contribution in [0.1, 0.15) is 5.69 Å². The maximum Gasteiger partial charge on any atom is 0.194 e. The molecule has 0 spiro atoms. The zero-order valence-corrected chi connectivity index (χ0v) is 14.9. The molecule has 3 rings (SSSR count). The summed E-state index contributed by atoms with van der Waals surface area (Å²) in [6.45, 7) is 4.38. The van der Waals surface area contributed by atoms with Crippen LogP contribution in [0.3, 0.4) is 0 Å². The number of aromatic nitrogens is 1. The van der Waals surface area contributed by atoms with Gasteiger partial charge in [-0.25, -0.2) is 0 Å². The van der Waals surface area contributed by atoms with Crippen LogP contribution in [0.2, 0.25) is 0 Å². The van der Waals surface area contributed by atoms with Crippen molar-refractivity contribution in [3.63, 3.8) is 0 Å². The summed E-state index contributed by atoms with van der Waals surface area (Å²) >= 11 is 0. The van der Waals surface area contributed by atoms with E-state index < -0.39 is 0 Å². The van der Waals surface area contributed by atoms with E-state index in [1.165, 1.54) is 0 Å². The Labute approximate surface area is 149 Å². The number of hydrogen-bond donors (Lipinski definition) is 1. The third-order valence-corrected chi connectivity index (χ3v) is 4.37. The lowest BCUT2D eigenvalue weighted by Gasteiger charge is -2.38. The van der Waals surface area contributed by atoms with Gasteiger partial charge in [0.2, 0.25) is 0 Å². The average Bonchev–Trinajstić information content (AvgIpc) is 2.70. The summed E-state index contributed by atoms with van der Waals surface area (Å²) in [4.78, 5) is 13.4. The van der Waals surface area contributed by atoms with Crippen molar-refractivity contribution in [1.82, 2.24) is 15.2 Å². The molecule has 0 amide bonds. The molecule has 0 aliphatic carbocycles. The first-order valence-electron chi connectivity index (χ1n) is 8.55. The van der Waals surface area contributed by atoms with Crippen LogP contribution in [0.25, 0.3) is 0 Å². The monoisotopic (exact) mass is 339 g/mol. The number of piperazine rings is 1. The van der Waals surface area contributed by atoms with E-state index in [0.29, 0.717) is 6.54 Å². The Bertz CT molecular complexity index is 696. The summed E-state index contributed by atoms with van der Waals surface area (Å²) in [5, 5.41) is 3.40. The van der Waals surface area contributed by atoms with Crippen molar-refractivity contribution in [2.24, 2.45) is 4.99 Å². The van der Waals surface area contributed by atoms with E-state index >= 15 is 0 Å². The molecule has 1 aromatic heterocycles. The van der Waals surface area contributed by atoms with Gasteiger partial charge in [0, 0.05) is 39.4 Å². The van der Waals surface area contributed by atoms with Crippen molar-refractivity contribution in [3.05, 3.63) is 54.4 Å². The first kappa shape index (κ1) is 17.1. The predicted molar refractivity (Wildman–Crippen MR) is 101 cm³/mol. The Morgan fingerprint density at radius 2 is 1.88 bits per heavy atom. The lowest BCUT2D eigenvalue weighted by atomic mass is 10.2. The van der Waals surface area contributed by atoms with Gasteiger partial charge in [-0.15, -0.1) is 0 Å².